The minimum Gasteiger partial charge on any atom is -0.507 e. The maximum absolute atomic E-state index is 12.9. The number of ketones is 1. The molecule has 0 spiro atoms. The van der Waals surface area contributed by atoms with Gasteiger partial charge in [-0.25, -0.2) is 9.78 Å². The number of esters is 1. The number of hydrogen-bond donors (Lipinski definition) is 1. The number of ether oxygens (including phenoxy) is 2. The average molecular weight is 440 g/mol. The fourth-order valence-corrected chi connectivity index (χ4v) is 4.04. The lowest BCUT2D eigenvalue weighted by molar-refractivity contribution is 0.0526. The summed E-state index contributed by atoms with van der Waals surface area (Å²) in [7, 11) is 1.88. The van der Waals surface area contributed by atoms with Crippen molar-refractivity contribution in [1.82, 2.24) is 9.55 Å². The van der Waals surface area contributed by atoms with E-state index < -0.39 is 0 Å². The number of aromatic hydroxyl groups is 1. The number of carbonyl (C=O) groups is 2. The summed E-state index contributed by atoms with van der Waals surface area (Å²) in [4.78, 5) is 29.4. The van der Waals surface area contributed by atoms with E-state index in [0.29, 0.717) is 17.9 Å². The van der Waals surface area contributed by atoms with Crippen LogP contribution in [0.5, 0.6) is 11.5 Å². The van der Waals surface area contributed by atoms with Crippen molar-refractivity contribution in [3.05, 3.63) is 83.4 Å². The first-order valence-corrected chi connectivity index (χ1v) is 10.5. The molecule has 1 aliphatic rings. The number of phenols is 1. The Kier molecular flexibility index (Phi) is 4.94. The first-order valence-electron chi connectivity index (χ1n) is 10.5. The third-order valence-electron chi connectivity index (χ3n) is 5.56. The van der Waals surface area contributed by atoms with Crippen LogP contribution in [0.4, 0.5) is 0 Å². The molecule has 0 amide bonds. The number of aromatic nitrogens is 2. The second-order valence-corrected chi connectivity index (χ2v) is 7.64. The lowest BCUT2D eigenvalue weighted by Crippen LogP contribution is -2.04. The maximum atomic E-state index is 12.9. The first-order chi connectivity index (χ1) is 16.0. The van der Waals surface area contributed by atoms with Crippen molar-refractivity contribution in [2.75, 3.05) is 6.61 Å². The summed E-state index contributed by atoms with van der Waals surface area (Å²) in [6.07, 6.45) is 5.27. The van der Waals surface area contributed by atoms with Crippen LogP contribution in [0.25, 0.3) is 28.2 Å². The number of rotatable bonds is 4. The highest BCUT2D eigenvalue weighted by atomic mass is 16.5. The predicted octanol–water partition coefficient (Wildman–Crippen LogP) is 4.74. The third-order valence-corrected chi connectivity index (χ3v) is 5.56. The van der Waals surface area contributed by atoms with Gasteiger partial charge in [0.25, 0.3) is 0 Å². The fourth-order valence-electron chi connectivity index (χ4n) is 4.04. The zero-order valence-electron chi connectivity index (χ0n) is 18.0. The highest BCUT2D eigenvalue weighted by Gasteiger charge is 2.30. The number of aryl methyl sites for hydroxylation is 1. The van der Waals surface area contributed by atoms with Crippen molar-refractivity contribution in [1.29, 1.82) is 0 Å². The van der Waals surface area contributed by atoms with Crippen molar-refractivity contribution in [3.63, 3.8) is 0 Å². The van der Waals surface area contributed by atoms with Gasteiger partial charge < -0.3 is 19.1 Å². The van der Waals surface area contributed by atoms with Crippen LogP contribution in [0.3, 0.4) is 0 Å². The van der Waals surface area contributed by atoms with Gasteiger partial charge in [-0.2, -0.15) is 0 Å². The number of pyridine rings is 1. The Hall–Kier alpha value is -4.39. The van der Waals surface area contributed by atoms with Gasteiger partial charge in [0.2, 0.25) is 5.78 Å². The molecule has 4 aromatic rings. The molecule has 33 heavy (non-hydrogen) atoms. The molecule has 2 aromatic heterocycles. The van der Waals surface area contributed by atoms with E-state index in [9.17, 15) is 14.7 Å². The molecule has 7 nitrogen and oxygen atoms in total. The summed E-state index contributed by atoms with van der Waals surface area (Å²) >= 11 is 0. The monoisotopic (exact) mass is 440 g/mol. The van der Waals surface area contributed by atoms with Crippen LogP contribution in [0.1, 0.15) is 33.2 Å². The van der Waals surface area contributed by atoms with Gasteiger partial charge in [0.05, 0.1) is 12.2 Å². The van der Waals surface area contributed by atoms with Gasteiger partial charge in [0.15, 0.2) is 5.76 Å². The lowest BCUT2D eigenvalue weighted by atomic mass is 9.99. The molecule has 3 heterocycles. The average Bonchev–Trinajstić information content (AvgIpc) is 3.31. The van der Waals surface area contributed by atoms with Gasteiger partial charge in [-0.15, -0.1) is 0 Å². The zero-order chi connectivity index (χ0) is 23.1. The summed E-state index contributed by atoms with van der Waals surface area (Å²) < 4.78 is 12.7. The van der Waals surface area contributed by atoms with Gasteiger partial charge in [0, 0.05) is 30.4 Å². The predicted molar refractivity (Wildman–Crippen MR) is 123 cm³/mol. The fraction of sp³-hybridized carbons (Fsp3) is 0.115. The largest absolute Gasteiger partial charge is 0.507 e. The molecule has 0 fully saturated rings. The lowest BCUT2D eigenvalue weighted by Gasteiger charge is -2.07. The van der Waals surface area contributed by atoms with Crippen LogP contribution < -0.4 is 4.74 Å². The zero-order valence-corrected chi connectivity index (χ0v) is 18.0. The molecule has 0 saturated carbocycles. The van der Waals surface area contributed by atoms with E-state index in [2.05, 4.69) is 4.98 Å². The number of fused-ring (bicyclic) bond motifs is 2. The van der Waals surface area contributed by atoms with E-state index in [1.807, 2.05) is 36.0 Å². The van der Waals surface area contributed by atoms with Crippen LogP contribution in [0.15, 0.2) is 66.7 Å². The molecule has 7 heteroatoms. The highest BCUT2D eigenvalue weighted by Crippen LogP contribution is 2.39. The molecule has 0 saturated heterocycles. The summed E-state index contributed by atoms with van der Waals surface area (Å²) in [5.74, 6) is -0.383. The van der Waals surface area contributed by atoms with E-state index in [1.54, 1.807) is 43.5 Å². The smallest absolute Gasteiger partial charge is 0.338 e. The van der Waals surface area contributed by atoms with E-state index in [-0.39, 0.29) is 28.8 Å². The molecule has 0 aliphatic carbocycles. The molecular weight excluding hydrogens is 420 g/mol. The summed E-state index contributed by atoms with van der Waals surface area (Å²) in [6, 6.07) is 13.8. The highest BCUT2D eigenvalue weighted by molar-refractivity contribution is 6.17. The van der Waals surface area contributed by atoms with E-state index >= 15 is 0 Å². The molecule has 0 unspecified atom stereocenters. The number of Topliss-reactive ketones (excluding diaryl/α,β-unsaturated/α-hetero) is 1. The summed E-state index contributed by atoms with van der Waals surface area (Å²) in [5, 5.41) is 10.9. The Balaban J connectivity index is 1.60. The Morgan fingerprint density at radius 2 is 1.97 bits per heavy atom. The van der Waals surface area contributed by atoms with Gasteiger partial charge >= 0.3 is 5.97 Å². The van der Waals surface area contributed by atoms with Crippen molar-refractivity contribution in [2.24, 2.45) is 7.05 Å². The van der Waals surface area contributed by atoms with Crippen molar-refractivity contribution in [3.8, 4) is 22.6 Å². The standard InChI is InChI=1S/C26H20N2O5/c1-3-32-26(31)16-9-7-15(8-10-16)18-11-12-27-25-22(18)17(14-28(25)2)13-21-24(30)23-19(29)5-4-6-20(23)33-21/h4-14,29H,3H2,1-2H3/b21-13-. The van der Waals surface area contributed by atoms with E-state index in [4.69, 9.17) is 9.47 Å². The van der Waals surface area contributed by atoms with Gasteiger partial charge in [0.1, 0.15) is 22.7 Å². The molecule has 0 atom stereocenters. The van der Waals surface area contributed by atoms with Crippen LogP contribution in [0.2, 0.25) is 0 Å². The normalized spacial score (nSPS) is 13.9. The topological polar surface area (TPSA) is 90.7 Å². The quantitative estimate of drug-likeness (QED) is 0.364. The molecule has 2 aromatic carbocycles. The minimum atomic E-state index is -0.371. The van der Waals surface area contributed by atoms with Gasteiger partial charge in [-0.05, 0) is 54.5 Å². The van der Waals surface area contributed by atoms with E-state index in [1.165, 1.54) is 6.07 Å². The molecule has 164 valence electrons. The molecule has 0 radical (unpaired) electrons. The molecule has 0 bridgehead atoms. The van der Waals surface area contributed by atoms with Crippen molar-refractivity contribution in [2.45, 2.75) is 6.92 Å². The van der Waals surface area contributed by atoms with Crippen molar-refractivity contribution < 1.29 is 24.2 Å². The van der Waals surface area contributed by atoms with Gasteiger partial charge in [-0.3, -0.25) is 4.79 Å². The van der Waals surface area contributed by atoms with Crippen molar-refractivity contribution >= 4 is 28.9 Å². The van der Waals surface area contributed by atoms with Crippen LogP contribution in [-0.2, 0) is 11.8 Å². The minimum absolute atomic E-state index is 0.108. The number of allylic oxidation sites excluding steroid dienone is 1. The van der Waals surface area contributed by atoms with Crippen LogP contribution >= 0.6 is 0 Å². The summed E-state index contributed by atoms with van der Waals surface area (Å²) in [5.41, 5.74) is 3.91. The summed E-state index contributed by atoms with van der Waals surface area (Å²) in [6.45, 7) is 2.08. The SMILES string of the molecule is CCOC(=O)c1ccc(-c2ccnc3c2c(/C=C2\Oc4cccc(O)c4C2=O)cn3C)cc1. The number of hydrogen-bond acceptors (Lipinski definition) is 6. The Bertz CT molecular complexity index is 1450. The second kappa shape index (κ2) is 7.94. The number of carbonyl (C=O) groups excluding carboxylic acids is 2. The Morgan fingerprint density at radius 3 is 2.70 bits per heavy atom. The molecular formula is C26H20N2O5. The number of benzene rings is 2. The molecule has 1 N–H and O–H groups in total. The second-order valence-electron chi connectivity index (χ2n) is 7.64. The molecule has 1 aliphatic heterocycles. The molecule has 5 rings (SSSR count). The van der Waals surface area contributed by atoms with Crippen LogP contribution in [0, 0.1) is 0 Å². The van der Waals surface area contributed by atoms with Crippen LogP contribution in [-0.4, -0.2) is 33.0 Å². The first kappa shape index (κ1) is 20.5. The van der Waals surface area contributed by atoms with E-state index in [0.717, 1.165) is 27.7 Å². The number of phenolic OH excluding ortho intramolecular Hbond substituents is 1. The third kappa shape index (κ3) is 3.43. The van der Waals surface area contributed by atoms with Gasteiger partial charge in [-0.1, -0.05) is 18.2 Å². The number of nitrogens with zero attached hydrogens (tertiary/aromatic N) is 2. The Morgan fingerprint density at radius 1 is 1.18 bits per heavy atom. The Labute approximate surface area is 189 Å². The maximum Gasteiger partial charge on any atom is 0.338 e.